The van der Waals surface area contributed by atoms with Crippen molar-refractivity contribution in [3.63, 3.8) is 0 Å². The lowest BCUT2D eigenvalue weighted by atomic mass is 10.2. The van der Waals surface area contributed by atoms with Crippen molar-refractivity contribution in [2.75, 3.05) is 12.4 Å². The molecule has 2 heterocycles. The molecule has 0 radical (unpaired) electrons. The number of hydrogen-bond acceptors (Lipinski definition) is 6. The average molecular weight is 321 g/mol. The zero-order valence-electron chi connectivity index (χ0n) is 11.8. The predicted octanol–water partition coefficient (Wildman–Crippen LogP) is 2.18. The van der Waals surface area contributed by atoms with E-state index in [0.717, 1.165) is 6.20 Å². The first-order valence-electron chi connectivity index (χ1n) is 6.47. The Labute approximate surface area is 128 Å². The van der Waals surface area contributed by atoms with Gasteiger partial charge in [0.1, 0.15) is 0 Å². The summed E-state index contributed by atoms with van der Waals surface area (Å²) in [4.78, 5) is 7.33. The van der Waals surface area contributed by atoms with Crippen LogP contribution in [0.15, 0.2) is 36.5 Å². The minimum atomic E-state index is -4.67. The van der Waals surface area contributed by atoms with Crippen LogP contribution in [0.2, 0.25) is 0 Å². The monoisotopic (exact) mass is 321 g/mol. The molecule has 0 saturated heterocycles. The number of nitrogens with one attached hydrogen (secondary N) is 1. The molecule has 0 unspecified atom stereocenters. The number of nitrogens with zero attached hydrogens (tertiary/aromatic N) is 6. The number of hydrogen-bond donors (Lipinski definition) is 1. The fourth-order valence-electron chi connectivity index (χ4n) is 1.98. The summed E-state index contributed by atoms with van der Waals surface area (Å²) in [5.41, 5.74) is -0.882. The minimum Gasteiger partial charge on any atom is -0.357 e. The fourth-order valence-corrected chi connectivity index (χ4v) is 1.98. The lowest BCUT2D eigenvalue weighted by molar-refractivity contribution is -0.140. The number of rotatable bonds is 3. The summed E-state index contributed by atoms with van der Waals surface area (Å²) in [6.45, 7) is 0. The van der Waals surface area contributed by atoms with Gasteiger partial charge in [0.05, 0.1) is 11.3 Å². The summed E-state index contributed by atoms with van der Waals surface area (Å²) in [6, 6.07) is 8.59. The third kappa shape index (κ3) is 2.82. The van der Waals surface area contributed by atoms with Crippen LogP contribution >= 0.6 is 0 Å². The summed E-state index contributed by atoms with van der Waals surface area (Å²) in [5, 5.41) is 13.4. The van der Waals surface area contributed by atoms with Crippen LogP contribution in [0.1, 0.15) is 5.69 Å². The molecule has 0 saturated carbocycles. The Hall–Kier alpha value is -3.04. The first kappa shape index (κ1) is 14.9. The van der Waals surface area contributed by atoms with Gasteiger partial charge < -0.3 is 5.32 Å². The van der Waals surface area contributed by atoms with Gasteiger partial charge in [-0.1, -0.05) is 18.2 Å². The van der Waals surface area contributed by atoms with Crippen LogP contribution in [0.5, 0.6) is 0 Å². The molecule has 0 atom stereocenters. The Balaban J connectivity index is 2.19. The van der Waals surface area contributed by atoms with Crippen LogP contribution in [-0.4, -0.2) is 37.2 Å². The molecule has 10 heteroatoms. The van der Waals surface area contributed by atoms with Gasteiger partial charge >= 0.3 is 6.18 Å². The summed E-state index contributed by atoms with van der Waals surface area (Å²) in [6.07, 6.45) is -3.62. The first-order chi connectivity index (χ1) is 11.0. The molecule has 0 spiro atoms. The van der Waals surface area contributed by atoms with Gasteiger partial charge in [-0.2, -0.15) is 17.9 Å². The molecule has 3 rings (SSSR count). The summed E-state index contributed by atoms with van der Waals surface area (Å²) in [7, 11) is 1.43. The summed E-state index contributed by atoms with van der Waals surface area (Å²) in [5.74, 6) is -0.231. The van der Waals surface area contributed by atoms with Gasteiger partial charge in [-0.3, -0.25) is 0 Å². The van der Waals surface area contributed by atoms with Gasteiger partial charge in [0.15, 0.2) is 11.5 Å². The van der Waals surface area contributed by atoms with E-state index in [0.29, 0.717) is 5.69 Å². The molecule has 7 nitrogen and oxygen atoms in total. The molecule has 118 valence electrons. The van der Waals surface area contributed by atoms with E-state index in [4.69, 9.17) is 0 Å². The van der Waals surface area contributed by atoms with Crippen molar-refractivity contribution in [1.82, 2.24) is 30.2 Å². The summed E-state index contributed by atoms with van der Waals surface area (Å²) < 4.78 is 41.1. The lowest BCUT2D eigenvalue weighted by Gasteiger charge is -2.12. The van der Waals surface area contributed by atoms with Crippen LogP contribution < -0.4 is 5.32 Å². The molecule has 0 amide bonds. The number of alkyl halides is 3. The first-order valence-corrected chi connectivity index (χ1v) is 6.47. The van der Waals surface area contributed by atoms with Gasteiger partial charge in [-0.15, -0.1) is 5.10 Å². The average Bonchev–Trinajstić information content (AvgIpc) is 3.03. The van der Waals surface area contributed by atoms with Crippen molar-refractivity contribution in [2.45, 2.75) is 6.18 Å². The van der Waals surface area contributed by atoms with E-state index < -0.39 is 11.9 Å². The van der Waals surface area contributed by atoms with Crippen LogP contribution in [0.3, 0.4) is 0 Å². The molecule has 0 aliphatic heterocycles. The zero-order valence-corrected chi connectivity index (χ0v) is 11.8. The standard InChI is InChI=1S/C13H10F3N7/c1-17-12-18-7-9(10(19-12)13(14,15)16)11-20-21-22-23(11)8-5-3-2-4-6-8/h2-7H,1H3,(H,17,18,19). The molecule has 0 aliphatic rings. The topological polar surface area (TPSA) is 81.4 Å². The van der Waals surface area contributed by atoms with Crippen LogP contribution in [0.25, 0.3) is 17.1 Å². The number of tetrazole rings is 1. The van der Waals surface area contributed by atoms with E-state index in [1.165, 1.54) is 11.7 Å². The third-order valence-electron chi connectivity index (χ3n) is 2.99. The SMILES string of the molecule is CNc1ncc(-c2nnnn2-c2ccccc2)c(C(F)(F)F)n1. The van der Waals surface area contributed by atoms with Crippen molar-refractivity contribution in [3.8, 4) is 17.1 Å². The quantitative estimate of drug-likeness (QED) is 0.796. The van der Waals surface area contributed by atoms with Crippen molar-refractivity contribution >= 4 is 5.95 Å². The largest absolute Gasteiger partial charge is 0.434 e. The van der Waals surface area contributed by atoms with Gasteiger partial charge in [0.25, 0.3) is 0 Å². The normalized spacial score (nSPS) is 11.5. The minimum absolute atomic E-state index is 0.0915. The second kappa shape index (κ2) is 5.63. The molecule has 2 aromatic heterocycles. The second-order valence-corrected chi connectivity index (χ2v) is 4.45. The number of aromatic nitrogens is 6. The van der Waals surface area contributed by atoms with Crippen molar-refractivity contribution < 1.29 is 13.2 Å². The van der Waals surface area contributed by atoms with Crippen LogP contribution in [0.4, 0.5) is 19.1 Å². The maximum atomic E-state index is 13.3. The Morgan fingerprint density at radius 2 is 1.87 bits per heavy atom. The molecule has 3 aromatic rings. The Kier molecular flexibility index (Phi) is 3.64. The number of para-hydroxylation sites is 1. The summed E-state index contributed by atoms with van der Waals surface area (Å²) >= 11 is 0. The highest BCUT2D eigenvalue weighted by Gasteiger charge is 2.38. The number of anilines is 1. The number of halogens is 3. The smallest absolute Gasteiger partial charge is 0.357 e. The molecule has 0 bridgehead atoms. The molecular weight excluding hydrogens is 311 g/mol. The predicted molar refractivity (Wildman–Crippen MR) is 74.7 cm³/mol. The van der Waals surface area contributed by atoms with Gasteiger partial charge in [-0.25, -0.2) is 9.97 Å². The van der Waals surface area contributed by atoms with Gasteiger partial charge in [0.2, 0.25) is 5.95 Å². The molecule has 1 aromatic carbocycles. The van der Waals surface area contributed by atoms with Crippen LogP contribution in [-0.2, 0) is 6.18 Å². The Bertz CT molecular complexity index is 814. The van der Waals surface area contributed by atoms with Gasteiger partial charge in [-0.05, 0) is 22.6 Å². The van der Waals surface area contributed by atoms with Gasteiger partial charge in [0, 0.05) is 13.2 Å². The molecule has 0 fully saturated rings. The maximum Gasteiger partial charge on any atom is 0.434 e. The van der Waals surface area contributed by atoms with Crippen molar-refractivity contribution in [3.05, 3.63) is 42.2 Å². The van der Waals surface area contributed by atoms with E-state index in [-0.39, 0.29) is 17.3 Å². The van der Waals surface area contributed by atoms with Crippen LogP contribution in [0, 0.1) is 0 Å². The Morgan fingerprint density at radius 3 is 2.52 bits per heavy atom. The second-order valence-electron chi connectivity index (χ2n) is 4.45. The Morgan fingerprint density at radius 1 is 1.13 bits per heavy atom. The highest BCUT2D eigenvalue weighted by molar-refractivity contribution is 5.61. The van der Waals surface area contributed by atoms with Crippen molar-refractivity contribution in [2.24, 2.45) is 0 Å². The highest BCUT2D eigenvalue weighted by atomic mass is 19.4. The molecule has 1 N–H and O–H groups in total. The van der Waals surface area contributed by atoms with E-state index in [2.05, 4.69) is 30.8 Å². The molecule has 0 aliphatic carbocycles. The van der Waals surface area contributed by atoms with E-state index in [1.807, 2.05) is 0 Å². The van der Waals surface area contributed by atoms with E-state index >= 15 is 0 Å². The third-order valence-corrected chi connectivity index (χ3v) is 2.99. The maximum absolute atomic E-state index is 13.3. The fraction of sp³-hybridized carbons (Fsp3) is 0.154. The highest BCUT2D eigenvalue weighted by Crippen LogP contribution is 2.35. The lowest BCUT2D eigenvalue weighted by Crippen LogP contribution is -2.14. The van der Waals surface area contributed by atoms with E-state index in [9.17, 15) is 13.2 Å². The number of benzene rings is 1. The molecular formula is C13H10F3N7. The zero-order chi connectivity index (χ0) is 16.4. The van der Waals surface area contributed by atoms with E-state index in [1.54, 1.807) is 30.3 Å². The van der Waals surface area contributed by atoms with Crippen molar-refractivity contribution in [1.29, 1.82) is 0 Å². The molecule has 23 heavy (non-hydrogen) atoms.